The fourth-order valence-corrected chi connectivity index (χ4v) is 2.27. The minimum absolute atomic E-state index is 0.283. The number of aromatic nitrogens is 2. The second-order valence-corrected chi connectivity index (χ2v) is 5.13. The van der Waals surface area contributed by atoms with E-state index in [9.17, 15) is 0 Å². The van der Waals surface area contributed by atoms with Crippen molar-refractivity contribution in [2.45, 2.75) is 38.7 Å². The van der Waals surface area contributed by atoms with E-state index in [0.29, 0.717) is 5.88 Å². The molecule has 0 spiro atoms. The number of nitrogens with one attached hydrogen (secondary N) is 1. The van der Waals surface area contributed by atoms with Crippen molar-refractivity contribution in [3.63, 3.8) is 0 Å². The summed E-state index contributed by atoms with van der Waals surface area (Å²) in [5, 5.41) is 3.07. The third kappa shape index (κ3) is 4.06. The van der Waals surface area contributed by atoms with Crippen LogP contribution < -0.4 is 10.1 Å². The van der Waals surface area contributed by atoms with Gasteiger partial charge < -0.3 is 15.0 Å². The van der Waals surface area contributed by atoms with Crippen molar-refractivity contribution in [3.8, 4) is 5.88 Å². The van der Waals surface area contributed by atoms with Gasteiger partial charge in [-0.3, -0.25) is 0 Å². The molecule has 1 aromatic heterocycles. The summed E-state index contributed by atoms with van der Waals surface area (Å²) in [6.07, 6.45) is 4.35. The number of ether oxygens (including phenoxy) is 1. The van der Waals surface area contributed by atoms with Gasteiger partial charge in [-0.2, -0.15) is 4.98 Å². The Balaban J connectivity index is 2.04. The zero-order valence-corrected chi connectivity index (χ0v) is 12.1. The highest BCUT2D eigenvalue weighted by Crippen LogP contribution is 2.19. The molecule has 0 amide bonds. The van der Waals surface area contributed by atoms with E-state index >= 15 is 0 Å². The van der Waals surface area contributed by atoms with Crippen LogP contribution in [-0.4, -0.2) is 48.2 Å². The van der Waals surface area contributed by atoms with E-state index in [1.165, 1.54) is 0 Å². The van der Waals surface area contributed by atoms with E-state index < -0.39 is 0 Å². The van der Waals surface area contributed by atoms with Gasteiger partial charge in [0.2, 0.25) is 5.88 Å². The van der Waals surface area contributed by atoms with Gasteiger partial charge >= 0.3 is 0 Å². The van der Waals surface area contributed by atoms with Crippen molar-refractivity contribution in [2.24, 2.45) is 0 Å². The summed E-state index contributed by atoms with van der Waals surface area (Å²) in [6, 6.07) is 1.89. The van der Waals surface area contributed by atoms with Gasteiger partial charge in [0.05, 0.1) is 0 Å². The van der Waals surface area contributed by atoms with Gasteiger partial charge in [-0.05, 0) is 26.3 Å². The predicted molar refractivity (Wildman–Crippen MR) is 76.7 cm³/mol. The number of rotatable bonds is 5. The molecule has 5 heteroatoms. The van der Waals surface area contributed by atoms with E-state index in [-0.39, 0.29) is 6.10 Å². The van der Waals surface area contributed by atoms with Crippen LogP contribution in [0.1, 0.15) is 32.0 Å². The van der Waals surface area contributed by atoms with Crippen LogP contribution in [-0.2, 0) is 6.42 Å². The van der Waals surface area contributed by atoms with E-state index in [1.54, 1.807) is 0 Å². The molecule has 0 aromatic carbocycles. The summed E-state index contributed by atoms with van der Waals surface area (Å²) in [5.74, 6) is 2.40. The van der Waals surface area contributed by atoms with Crippen LogP contribution in [0.25, 0.3) is 0 Å². The quantitative estimate of drug-likeness (QED) is 0.881. The van der Waals surface area contributed by atoms with Gasteiger partial charge in [-0.1, -0.05) is 6.92 Å². The number of hydrogen-bond acceptors (Lipinski definition) is 5. The van der Waals surface area contributed by atoms with E-state index in [0.717, 1.165) is 50.4 Å². The predicted octanol–water partition coefficient (Wildman–Crippen LogP) is 1.94. The Morgan fingerprint density at radius 1 is 1.37 bits per heavy atom. The third-order valence-electron chi connectivity index (χ3n) is 3.43. The van der Waals surface area contributed by atoms with Gasteiger partial charge in [0.25, 0.3) is 0 Å². The molecule has 2 rings (SSSR count). The largest absolute Gasteiger partial charge is 0.474 e. The number of aryl methyl sites for hydroxylation is 1. The third-order valence-corrected chi connectivity index (χ3v) is 3.43. The first-order chi connectivity index (χ1) is 9.21. The SMILES string of the molecule is CCCc1nc(NC)cc(OC2CCN(C)CC2)n1. The second-order valence-electron chi connectivity index (χ2n) is 5.13. The maximum absolute atomic E-state index is 6.02. The highest BCUT2D eigenvalue weighted by molar-refractivity contribution is 5.37. The summed E-state index contributed by atoms with van der Waals surface area (Å²) in [7, 11) is 4.02. The second kappa shape index (κ2) is 6.70. The molecule has 2 heterocycles. The zero-order chi connectivity index (χ0) is 13.7. The molecule has 0 aliphatic carbocycles. The standard InChI is InChI=1S/C14H24N4O/c1-4-5-12-16-13(15-2)10-14(17-12)19-11-6-8-18(3)9-7-11/h10-11H,4-9H2,1-3H3,(H,15,16,17). The average molecular weight is 264 g/mol. The Hall–Kier alpha value is -1.36. The molecule has 0 radical (unpaired) electrons. The smallest absolute Gasteiger partial charge is 0.218 e. The topological polar surface area (TPSA) is 50.3 Å². The molecule has 106 valence electrons. The lowest BCUT2D eigenvalue weighted by molar-refractivity contribution is 0.109. The van der Waals surface area contributed by atoms with Crippen molar-refractivity contribution in [3.05, 3.63) is 11.9 Å². The van der Waals surface area contributed by atoms with E-state index in [1.807, 2.05) is 13.1 Å². The van der Waals surface area contributed by atoms with Gasteiger partial charge in [-0.25, -0.2) is 4.98 Å². The highest BCUT2D eigenvalue weighted by Gasteiger charge is 2.19. The fourth-order valence-electron chi connectivity index (χ4n) is 2.27. The minimum Gasteiger partial charge on any atom is -0.474 e. The van der Waals surface area contributed by atoms with Gasteiger partial charge in [0.1, 0.15) is 17.7 Å². The number of nitrogens with zero attached hydrogens (tertiary/aromatic N) is 3. The monoisotopic (exact) mass is 264 g/mol. The summed E-state index contributed by atoms with van der Waals surface area (Å²) in [4.78, 5) is 11.3. The molecule has 0 bridgehead atoms. The molecule has 0 atom stereocenters. The molecule has 1 aliphatic heterocycles. The number of likely N-dealkylation sites (tertiary alicyclic amines) is 1. The number of anilines is 1. The van der Waals surface area contributed by atoms with Crippen LogP contribution in [0.4, 0.5) is 5.82 Å². The maximum Gasteiger partial charge on any atom is 0.218 e. The number of hydrogen-bond donors (Lipinski definition) is 1. The first-order valence-electron chi connectivity index (χ1n) is 7.12. The summed E-state index contributed by atoms with van der Waals surface area (Å²) in [6.45, 7) is 4.32. The van der Waals surface area contributed by atoms with Crippen LogP contribution >= 0.6 is 0 Å². The van der Waals surface area contributed by atoms with Crippen molar-refractivity contribution >= 4 is 5.82 Å². The van der Waals surface area contributed by atoms with Crippen molar-refractivity contribution < 1.29 is 4.74 Å². The lowest BCUT2D eigenvalue weighted by Crippen LogP contribution is -2.35. The van der Waals surface area contributed by atoms with Crippen molar-refractivity contribution in [2.75, 3.05) is 32.5 Å². The first-order valence-corrected chi connectivity index (χ1v) is 7.12. The lowest BCUT2D eigenvalue weighted by atomic mass is 10.1. The van der Waals surface area contributed by atoms with Gasteiger partial charge in [-0.15, -0.1) is 0 Å². The molecular weight excluding hydrogens is 240 g/mol. The normalized spacial score (nSPS) is 17.4. The highest BCUT2D eigenvalue weighted by atomic mass is 16.5. The van der Waals surface area contributed by atoms with Crippen LogP contribution in [0.15, 0.2) is 6.07 Å². The Bertz CT molecular complexity index is 402. The van der Waals surface area contributed by atoms with Gasteiger partial charge in [0.15, 0.2) is 0 Å². The fraction of sp³-hybridized carbons (Fsp3) is 0.714. The first kappa shape index (κ1) is 14.1. The van der Waals surface area contributed by atoms with Crippen molar-refractivity contribution in [1.82, 2.24) is 14.9 Å². The minimum atomic E-state index is 0.283. The van der Waals surface area contributed by atoms with Crippen LogP contribution in [0.5, 0.6) is 5.88 Å². The van der Waals surface area contributed by atoms with E-state index in [2.05, 4.69) is 34.2 Å². The van der Waals surface area contributed by atoms with Crippen LogP contribution in [0, 0.1) is 0 Å². The Morgan fingerprint density at radius 2 is 2.11 bits per heavy atom. The molecule has 5 nitrogen and oxygen atoms in total. The van der Waals surface area contributed by atoms with Crippen LogP contribution in [0.2, 0.25) is 0 Å². The molecule has 1 N–H and O–H groups in total. The Kier molecular flexibility index (Phi) is 4.96. The van der Waals surface area contributed by atoms with E-state index in [4.69, 9.17) is 4.74 Å². The van der Waals surface area contributed by atoms with Crippen LogP contribution in [0.3, 0.4) is 0 Å². The zero-order valence-electron chi connectivity index (χ0n) is 12.1. The van der Waals surface area contributed by atoms with Crippen molar-refractivity contribution in [1.29, 1.82) is 0 Å². The molecule has 1 aromatic rings. The summed E-state index contributed by atoms with van der Waals surface area (Å²) < 4.78 is 6.02. The molecule has 1 saturated heterocycles. The molecular formula is C14H24N4O. The maximum atomic E-state index is 6.02. The number of piperidine rings is 1. The summed E-state index contributed by atoms with van der Waals surface area (Å²) in [5.41, 5.74) is 0. The summed E-state index contributed by atoms with van der Waals surface area (Å²) >= 11 is 0. The Morgan fingerprint density at radius 3 is 2.74 bits per heavy atom. The molecule has 19 heavy (non-hydrogen) atoms. The van der Waals surface area contributed by atoms with Gasteiger partial charge in [0, 0.05) is 32.6 Å². The molecule has 1 fully saturated rings. The molecule has 0 unspecified atom stereocenters. The average Bonchev–Trinajstić information content (AvgIpc) is 2.41. The lowest BCUT2D eigenvalue weighted by Gasteiger charge is -2.29. The molecule has 1 aliphatic rings. The Labute approximate surface area is 115 Å². The molecule has 0 saturated carbocycles.